The maximum Gasteiger partial charge on any atom is 0.159 e. The average molecular weight is 539 g/mol. The summed E-state index contributed by atoms with van der Waals surface area (Å²) in [6.45, 7) is 0. The molecule has 3 heterocycles. The van der Waals surface area contributed by atoms with Crippen LogP contribution in [0.1, 0.15) is 0 Å². The molecule has 0 aliphatic heterocycles. The zero-order chi connectivity index (χ0) is 26.9. The molecule has 0 amide bonds. The Hall–Kier alpha value is -5.12. The third-order valence-corrected chi connectivity index (χ3v) is 9.53. The van der Waals surface area contributed by atoms with Crippen LogP contribution >= 0.6 is 11.3 Å². The minimum absolute atomic E-state index is 0.762. The number of hydrogen-bond acceptors (Lipinski definition) is 3. The molecule has 0 saturated carbocycles. The fraction of sp³-hybridized carbons (Fsp3) is 0. The monoisotopic (exact) mass is 538 g/mol. The minimum Gasteiger partial charge on any atom is -0.237 e. The lowest BCUT2D eigenvalue weighted by molar-refractivity contribution is 1.29. The van der Waals surface area contributed by atoms with E-state index in [1.807, 2.05) is 23.6 Å². The molecule has 9 rings (SSSR count). The Morgan fingerprint density at radius 1 is 0.463 bits per heavy atom. The zero-order valence-electron chi connectivity index (χ0n) is 22.0. The molecule has 0 N–H and O–H groups in total. The third-order valence-electron chi connectivity index (χ3n) is 8.31. The summed E-state index contributed by atoms with van der Waals surface area (Å²) >= 11 is 1.87. The van der Waals surface area contributed by atoms with Crippen molar-refractivity contribution in [3.63, 3.8) is 0 Å². The van der Waals surface area contributed by atoms with Crippen molar-refractivity contribution in [3.05, 3.63) is 134 Å². The summed E-state index contributed by atoms with van der Waals surface area (Å²) < 4.78 is 2.61. The number of rotatable bonds is 1. The van der Waals surface area contributed by atoms with Crippen molar-refractivity contribution in [1.82, 2.24) is 9.97 Å². The summed E-state index contributed by atoms with van der Waals surface area (Å²) in [4.78, 5) is 10.0. The van der Waals surface area contributed by atoms with E-state index in [9.17, 15) is 0 Å². The molecule has 0 fully saturated rings. The Bertz CT molecular complexity index is 2330. The molecular formula is C38H22N2S. The van der Waals surface area contributed by atoms with Gasteiger partial charge in [0.2, 0.25) is 0 Å². The number of nitrogens with zero attached hydrogens (tertiary/aromatic N) is 2. The lowest BCUT2D eigenvalue weighted by Gasteiger charge is -2.24. The molecule has 190 valence electrons. The van der Waals surface area contributed by atoms with Gasteiger partial charge in [-0.25, -0.2) is 9.97 Å². The first-order valence-corrected chi connectivity index (χ1v) is 14.7. The molecule has 0 spiro atoms. The van der Waals surface area contributed by atoms with Gasteiger partial charge in [-0.15, -0.1) is 11.3 Å². The second-order valence-corrected chi connectivity index (χ2v) is 11.6. The summed E-state index contributed by atoms with van der Waals surface area (Å²) in [6, 6.07) is 46.0. The normalized spacial score (nSPS) is 11.9. The second-order valence-electron chi connectivity index (χ2n) is 10.5. The van der Waals surface area contributed by atoms with Gasteiger partial charge in [0.1, 0.15) is 0 Å². The summed E-state index contributed by atoms with van der Waals surface area (Å²) in [5.41, 5.74) is 12.5. The van der Waals surface area contributed by atoms with E-state index in [1.165, 1.54) is 59.1 Å². The van der Waals surface area contributed by atoms with E-state index in [4.69, 9.17) is 4.98 Å². The molecule has 2 nitrogen and oxygen atoms in total. The molecule has 3 heteroatoms. The molecule has 0 saturated heterocycles. The van der Waals surface area contributed by atoms with Crippen molar-refractivity contribution in [2.75, 3.05) is 0 Å². The van der Waals surface area contributed by atoms with Crippen LogP contribution in [0.25, 0.3) is 87.0 Å². The van der Waals surface area contributed by atoms with Crippen LogP contribution in [0, 0.1) is 0 Å². The van der Waals surface area contributed by atoms with Crippen LogP contribution in [0.5, 0.6) is 0 Å². The molecule has 0 unspecified atom stereocenters. The Morgan fingerprint density at radius 3 is 1.85 bits per heavy atom. The van der Waals surface area contributed by atoms with Crippen LogP contribution in [-0.2, 0) is 0 Å². The van der Waals surface area contributed by atoms with E-state index in [0.29, 0.717) is 0 Å². The fourth-order valence-corrected chi connectivity index (χ4v) is 7.75. The number of aromatic nitrogens is 2. The van der Waals surface area contributed by atoms with Gasteiger partial charge >= 0.3 is 0 Å². The SMILES string of the molecule is c1ccc2c(c1)-c1ccccc1-c1cccc(-c3cccc4c3sc3ccccc34)c1-c1nc3ncccc3cc1-2. The number of pyridine rings is 2. The number of fused-ring (bicyclic) bond motifs is 12. The largest absolute Gasteiger partial charge is 0.237 e. The molecule has 0 atom stereocenters. The molecule has 0 bridgehead atoms. The van der Waals surface area contributed by atoms with E-state index in [1.54, 1.807) is 0 Å². The van der Waals surface area contributed by atoms with E-state index >= 15 is 0 Å². The first-order valence-electron chi connectivity index (χ1n) is 13.8. The van der Waals surface area contributed by atoms with E-state index in [2.05, 4.69) is 126 Å². The quantitative estimate of drug-likeness (QED) is 0.208. The standard InChI is InChI=1S/C38H22N2S/c1-3-13-26-24(11-1)25-12-2-4-14-27(25)33-22-23-10-9-21-39-38(23)40-36(33)35-29(26)16-7-17-30(35)32-19-8-18-31-28-15-5-6-20-34(28)41-37(31)32/h1-22H. The Balaban J connectivity index is 1.48. The van der Waals surface area contributed by atoms with Gasteiger partial charge in [-0.3, -0.25) is 0 Å². The van der Waals surface area contributed by atoms with Crippen LogP contribution in [0.3, 0.4) is 0 Å². The third kappa shape index (κ3) is 3.30. The van der Waals surface area contributed by atoms with Gasteiger partial charge in [0.25, 0.3) is 0 Å². The van der Waals surface area contributed by atoms with Crippen molar-refractivity contribution < 1.29 is 0 Å². The minimum atomic E-state index is 0.762. The highest BCUT2D eigenvalue weighted by molar-refractivity contribution is 7.26. The summed E-state index contributed by atoms with van der Waals surface area (Å²) in [7, 11) is 0. The topological polar surface area (TPSA) is 25.8 Å². The number of benzene rings is 5. The second kappa shape index (κ2) is 8.69. The molecular weight excluding hydrogens is 516 g/mol. The van der Waals surface area contributed by atoms with Crippen LogP contribution in [0.15, 0.2) is 134 Å². The highest BCUT2D eigenvalue weighted by atomic mass is 32.1. The van der Waals surface area contributed by atoms with Crippen molar-refractivity contribution in [3.8, 4) is 55.8 Å². The van der Waals surface area contributed by atoms with Gasteiger partial charge in [-0.05, 0) is 57.6 Å². The van der Waals surface area contributed by atoms with Gasteiger partial charge in [0.15, 0.2) is 5.65 Å². The summed E-state index contributed by atoms with van der Waals surface area (Å²) in [6.07, 6.45) is 1.83. The van der Waals surface area contributed by atoms with Gasteiger partial charge in [-0.2, -0.15) is 0 Å². The molecule has 3 aromatic heterocycles. The van der Waals surface area contributed by atoms with Crippen LogP contribution in [-0.4, -0.2) is 9.97 Å². The predicted molar refractivity (Wildman–Crippen MR) is 173 cm³/mol. The van der Waals surface area contributed by atoms with E-state index in [-0.39, 0.29) is 0 Å². The average Bonchev–Trinajstić information content (AvgIpc) is 3.42. The number of hydrogen-bond donors (Lipinski definition) is 0. The Labute approximate surface area is 241 Å². The molecule has 41 heavy (non-hydrogen) atoms. The van der Waals surface area contributed by atoms with E-state index in [0.717, 1.165) is 27.9 Å². The molecule has 5 aromatic carbocycles. The fourth-order valence-electron chi connectivity index (χ4n) is 6.52. The van der Waals surface area contributed by atoms with Crippen LogP contribution in [0.2, 0.25) is 0 Å². The van der Waals surface area contributed by atoms with Gasteiger partial charge in [-0.1, -0.05) is 103 Å². The maximum atomic E-state index is 5.33. The van der Waals surface area contributed by atoms with Gasteiger partial charge < -0.3 is 0 Å². The molecule has 1 aliphatic carbocycles. The van der Waals surface area contributed by atoms with Crippen molar-refractivity contribution in [2.24, 2.45) is 0 Å². The highest BCUT2D eigenvalue weighted by Crippen LogP contribution is 2.51. The Morgan fingerprint density at radius 2 is 1.05 bits per heavy atom. The van der Waals surface area contributed by atoms with Gasteiger partial charge in [0, 0.05) is 48.4 Å². The predicted octanol–water partition coefficient (Wildman–Crippen LogP) is 10.6. The van der Waals surface area contributed by atoms with Crippen LogP contribution < -0.4 is 0 Å². The van der Waals surface area contributed by atoms with E-state index < -0.39 is 0 Å². The highest BCUT2D eigenvalue weighted by Gasteiger charge is 2.26. The smallest absolute Gasteiger partial charge is 0.159 e. The summed E-state index contributed by atoms with van der Waals surface area (Å²) in [5, 5.41) is 3.65. The van der Waals surface area contributed by atoms with Crippen molar-refractivity contribution >= 4 is 42.5 Å². The molecule has 0 radical (unpaired) electrons. The van der Waals surface area contributed by atoms with Crippen LogP contribution in [0.4, 0.5) is 0 Å². The lowest BCUT2D eigenvalue weighted by atomic mass is 9.80. The lowest BCUT2D eigenvalue weighted by Crippen LogP contribution is -2.01. The van der Waals surface area contributed by atoms with Crippen molar-refractivity contribution in [2.45, 2.75) is 0 Å². The maximum absolute atomic E-state index is 5.33. The van der Waals surface area contributed by atoms with Crippen molar-refractivity contribution in [1.29, 1.82) is 0 Å². The molecule has 1 aliphatic rings. The Kier molecular flexibility index (Phi) is 4.80. The summed E-state index contributed by atoms with van der Waals surface area (Å²) in [5.74, 6) is 0. The first kappa shape index (κ1) is 22.7. The molecule has 8 aromatic rings. The number of thiophene rings is 1. The van der Waals surface area contributed by atoms with Gasteiger partial charge in [0.05, 0.1) is 5.69 Å². The first-order chi connectivity index (χ1) is 20.3. The zero-order valence-corrected chi connectivity index (χ0v) is 22.8.